The summed E-state index contributed by atoms with van der Waals surface area (Å²) in [6.45, 7) is 0.483. The van der Waals surface area contributed by atoms with Crippen molar-refractivity contribution < 1.29 is 13.2 Å². The zero-order valence-electron chi connectivity index (χ0n) is 13.2. The van der Waals surface area contributed by atoms with Crippen molar-refractivity contribution in [3.8, 4) is 5.75 Å². The molecular formula is C15H20N4O3S. The fraction of sp³-hybridized carbons (Fsp3) is 0.467. The number of nitrogens with zero attached hydrogens (tertiary/aromatic N) is 4. The first kappa shape index (κ1) is 15.9. The number of benzene rings is 1. The predicted molar refractivity (Wildman–Crippen MR) is 84.5 cm³/mol. The smallest absolute Gasteiger partial charge is 0.243 e. The number of aromatic nitrogens is 3. The summed E-state index contributed by atoms with van der Waals surface area (Å²) >= 11 is 0. The van der Waals surface area contributed by atoms with Crippen molar-refractivity contribution >= 4 is 10.0 Å². The minimum absolute atomic E-state index is 0.242. The van der Waals surface area contributed by atoms with Crippen LogP contribution in [-0.4, -0.2) is 41.1 Å². The van der Waals surface area contributed by atoms with Gasteiger partial charge in [0.15, 0.2) is 5.82 Å². The summed E-state index contributed by atoms with van der Waals surface area (Å²) in [5.41, 5.74) is 0. The van der Waals surface area contributed by atoms with Gasteiger partial charge in [0.2, 0.25) is 10.0 Å². The maximum Gasteiger partial charge on any atom is 0.243 e. The van der Waals surface area contributed by atoms with Gasteiger partial charge in [-0.25, -0.2) is 8.42 Å². The summed E-state index contributed by atoms with van der Waals surface area (Å²) in [5, 5.41) is 8.00. The summed E-state index contributed by atoms with van der Waals surface area (Å²) < 4.78 is 34.6. The molecule has 1 aliphatic heterocycles. The van der Waals surface area contributed by atoms with Gasteiger partial charge in [0, 0.05) is 19.7 Å². The van der Waals surface area contributed by atoms with Crippen LogP contribution in [0, 0.1) is 0 Å². The minimum Gasteiger partial charge on any atom is -0.497 e. The lowest BCUT2D eigenvalue weighted by Gasteiger charge is -2.33. The second-order valence-electron chi connectivity index (χ2n) is 5.61. The van der Waals surface area contributed by atoms with E-state index in [-0.39, 0.29) is 10.9 Å². The van der Waals surface area contributed by atoms with E-state index in [2.05, 4.69) is 10.2 Å². The average molecular weight is 336 g/mol. The van der Waals surface area contributed by atoms with Crippen LogP contribution in [0.3, 0.4) is 0 Å². The van der Waals surface area contributed by atoms with Crippen LogP contribution in [0.2, 0.25) is 0 Å². The SMILES string of the molecule is COc1cccc(S(=O)(=O)N2CCCC[C@H]2c2nncn2C)c1. The van der Waals surface area contributed by atoms with Crippen LogP contribution in [0.15, 0.2) is 35.5 Å². The number of hydrogen-bond donors (Lipinski definition) is 0. The van der Waals surface area contributed by atoms with E-state index < -0.39 is 10.0 Å². The third-order valence-corrected chi connectivity index (χ3v) is 6.05. The van der Waals surface area contributed by atoms with Gasteiger partial charge >= 0.3 is 0 Å². The van der Waals surface area contributed by atoms with E-state index in [0.717, 1.165) is 19.3 Å². The fourth-order valence-corrected chi connectivity index (χ4v) is 4.63. The van der Waals surface area contributed by atoms with E-state index in [4.69, 9.17) is 4.74 Å². The molecule has 0 spiro atoms. The molecule has 1 fully saturated rings. The van der Waals surface area contributed by atoms with Crippen molar-refractivity contribution in [1.29, 1.82) is 0 Å². The molecular weight excluding hydrogens is 316 g/mol. The highest BCUT2D eigenvalue weighted by atomic mass is 32.2. The van der Waals surface area contributed by atoms with Gasteiger partial charge in [-0.3, -0.25) is 0 Å². The van der Waals surface area contributed by atoms with E-state index in [9.17, 15) is 8.42 Å². The predicted octanol–water partition coefficient (Wildman–Crippen LogP) is 1.74. The summed E-state index contributed by atoms with van der Waals surface area (Å²) in [4.78, 5) is 0.242. The molecule has 2 heterocycles. The lowest BCUT2D eigenvalue weighted by atomic mass is 10.0. The number of rotatable bonds is 4. The highest BCUT2D eigenvalue weighted by Crippen LogP contribution is 2.34. The van der Waals surface area contributed by atoms with Crippen LogP contribution in [0.5, 0.6) is 5.75 Å². The Kier molecular flexibility index (Phi) is 4.36. The molecule has 23 heavy (non-hydrogen) atoms. The third kappa shape index (κ3) is 2.96. The molecule has 0 unspecified atom stereocenters. The average Bonchev–Trinajstić information content (AvgIpc) is 3.01. The highest BCUT2D eigenvalue weighted by molar-refractivity contribution is 7.89. The van der Waals surface area contributed by atoms with Gasteiger partial charge in [-0.05, 0) is 25.0 Å². The lowest BCUT2D eigenvalue weighted by Crippen LogP contribution is -2.39. The summed E-state index contributed by atoms with van der Waals surface area (Å²) in [5.74, 6) is 1.20. The Balaban J connectivity index is 2.00. The molecule has 7 nitrogen and oxygen atoms in total. The molecule has 124 valence electrons. The number of hydrogen-bond acceptors (Lipinski definition) is 5. The first-order valence-electron chi connectivity index (χ1n) is 7.54. The van der Waals surface area contributed by atoms with Gasteiger partial charge in [-0.2, -0.15) is 4.31 Å². The second kappa shape index (κ2) is 6.29. The Bertz CT molecular complexity index is 788. The zero-order valence-corrected chi connectivity index (χ0v) is 14.0. The largest absolute Gasteiger partial charge is 0.497 e. The van der Waals surface area contributed by atoms with E-state index in [1.54, 1.807) is 35.2 Å². The van der Waals surface area contributed by atoms with Crippen LogP contribution < -0.4 is 4.74 Å². The molecule has 1 saturated heterocycles. The van der Waals surface area contributed by atoms with Gasteiger partial charge in [0.1, 0.15) is 12.1 Å². The molecule has 8 heteroatoms. The van der Waals surface area contributed by atoms with E-state index in [0.29, 0.717) is 18.1 Å². The van der Waals surface area contributed by atoms with Crippen LogP contribution in [0.4, 0.5) is 0 Å². The molecule has 1 aromatic carbocycles. The quantitative estimate of drug-likeness (QED) is 0.850. The number of piperidine rings is 1. The lowest BCUT2D eigenvalue weighted by molar-refractivity contribution is 0.242. The minimum atomic E-state index is -3.61. The monoisotopic (exact) mass is 336 g/mol. The highest BCUT2D eigenvalue weighted by Gasteiger charge is 2.36. The maximum atomic E-state index is 13.1. The normalized spacial score (nSPS) is 19.7. The molecule has 1 atom stereocenters. The van der Waals surface area contributed by atoms with Gasteiger partial charge in [-0.15, -0.1) is 10.2 Å². The van der Waals surface area contributed by atoms with Gasteiger partial charge in [-0.1, -0.05) is 12.5 Å². The molecule has 0 aliphatic carbocycles. The van der Waals surface area contributed by atoms with E-state index >= 15 is 0 Å². The van der Waals surface area contributed by atoms with Crippen molar-refractivity contribution in [2.45, 2.75) is 30.2 Å². The topological polar surface area (TPSA) is 77.3 Å². The first-order chi connectivity index (χ1) is 11.0. The Morgan fingerprint density at radius 3 is 2.83 bits per heavy atom. The van der Waals surface area contributed by atoms with Crippen LogP contribution in [-0.2, 0) is 17.1 Å². The maximum absolute atomic E-state index is 13.1. The Morgan fingerprint density at radius 1 is 1.30 bits per heavy atom. The van der Waals surface area contributed by atoms with Crippen molar-refractivity contribution in [2.24, 2.45) is 7.05 Å². The molecule has 0 saturated carbocycles. The standard InChI is InChI=1S/C15H20N4O3S/c1-18-11-16-17-15(18)14-8-3-4-9-19(14)23(20,21)13-7-5-6-12(10-13)22-2/h5-7,10-11,14H,3-4,8-9H2,1-2H3/t14-/m0/s1. The number of sulfonamides is 1. The van der Waals surface area contributed by atoms with Crippen LogP contribution in [0.1, 0.15) is 31.1 Å². The molecule has 2 aromatic rings. The van der Waals surface area contributed by atoms with Crippen molar-refractivity contribution in [2.75, 3.05) is 13.7 Å². The fourth-order valence-electron chi connectivity index (χ4n) is 2.94. The van der Waals surface area contributed by atoms with Crippen molar-refractivity contribution in [3.63, 3.8) is 0 Å². The number of aryl methyl sites for hydroxylation is 1. The first-order valence-corrected chi connectivity index (χ1v) is 8.98. The summed E-state index contributed by atoms with van der Waals surface area (Å²) in [6.07, 6.45) is 4.16. The summed E-state index contributed by atoms with van der Waals surface area (Å²) in [6, 6.07) is 6.28. The van der Waals surface area contributed by atoms with Crippen molar-refractivity contribution in [1.82, 2.24) is 19.1 Å². The third-order valence-electron chi connectivity index (χ3n) is 4.15. The molecule has 0 bridgehead atoms. The molecule has 1 aliphatic rings. The molecule has 3 rings (SSSR count). The van der Waals surface area contributed by atoms with Crippen LogP contribution in [0.25, 0.3) is 0 Å². The number of methoxy groups -OCH3 is 1. The number of ether oxygens (including phenoxy) is 1. The summed E-state index contributed by atoms with van der Waals surface area (Å²) in [7, 11) is -0.258. The van der Waals surface area contributed by atoms with Crippen molar-refractivity contribution in [3.05, 3.63) is 36.4 Å². The Labute approximate surface area is 135 Å². The molecule has 0 radical (unpaired) electrons. The molecule has 1 aromatic heterocycles. The second-order valence-corrected chi connectivity index (χ2v) is 7.50. The zero-order chi connectivity index (χ0) is 16.4. The Hall–Kier alpha value is -1.93. The van der Waals surface area contributed by atoms with E-state index in [1.807, 2.05) is 7.05 Å². The van der Waals surface area contributed by atoms with E-state index in [1.165, 1.54) is 11.4 Å². The van der Waals surface area contributed by atoms with Gasteiger partial charge in [0.05, 0.1) is 18.0 Å². The molecule has 0 N–H and O–H groups in total. The van der Waals surface area contributed by atoms with Crippen LogP contribution >= 0.6 is 0 Å². The Morgan fingerprint density at radius 2 is 2.13 bits per heavy atom. The van der Waals surface area contributed by atoms with Gasteiger partial charge < -0.3 is 9.30 Å². The van der Waals surface area contributed by atoms with Gasteiger partial charge in [0.25, 0.3) is 0 Å². The molecule has 0 amide bonds.